The maximum absolute atomic E-state index is 6.27. The zero-order valence-corrected chi connectivity index (χ0v) is 12.9. The normalized spacial score (nSPS) is 11.7. The lowest BCUT2D eigenvalue weighted by molar-refractivity contribution is 0.955. The van der Waals surface area contributed by atoms with Gasteiger partial charge in [0.1, 0.15) is 5.84 Å². The van der Waals surface area contributed by atoms with E-state index in [9.17, 15) is 0 Å². The summed E-state index contributed by atoms with van der Waals surface area (Å²) in [5.41, 5.74) is 15.8. The number of hydrogen-bond donors (Lipinski definition) is 2. The minimum Gasteiger partial charge on any atom is -0.384 e. The van der Waals surface area contributed by atoms with E-state index in [0.29, 0.717) is 12.4 Å². The molecule has 0 radical (unpaired) electrons. The first kappa shape index (κ1) is 15.5. The van der Waals surface area contributed by atoms with E-state index in [1.807, 2.05) is 24.3 Å². The molecule has 0 saturated carbocycles. The first-order valence-electron chi connectivity index (χ1n) is 6.93. The van der Waals surface area contributed by atoms with Crippen LogP contribution in [0.5, 0.6) is 0 Å². The van der Waals surface area contributed by atoms with Crippen molar-refractivity contribution < 1.29 is 0 Å². The van der Waals surface area contributed by atoms with E-state index in [0.717, 1.165) is 34.6 Å². The number of amidine groups is 1. The van der Waals surface area contributed by atoms with Crippen molar-refractivity contribution in [1.29, 1.82) is 0 Å². The summed E-state index contributed by atoms with van der Waals surface area (Å²) < 4.78 is 0. The molecule has 0 unspecified atom stereocenters. The molecule has 4 heteroatoms. The maximum Gasteiger partial charge on any atom is 0.125 e. The lowest BCUT2D eigenvalue weighted by Crippen LogP contribution is -2.12. The molecule has 2 aromatic rings. The SMILES string of the molecule is CN=C(N)c1ccc(CCc2ccc(CN)cc2Cl)cc1. The first-order chi connectivity index (χ1) is 10.1. The van der Waals surface area contributed by atoms with Gasteiger partial charge in [0.15, 0.2) is 0 Å². The Balaban J connectivity index is 2.03. The number of rotatable bonds is 5. The molecule has 2 aromatic carbocycles. The number of nitrogens with two attached hydrogens (primary N) is 2. The smallest absolute Gasteiger partial charge is 0.125 e. The van der Waals surface area contributed by atoms with Crippen LogP contribution in [-0.4, -0.2) is 12.9 Å². The lowest BCUT2D eigenvalue weighted by atomic mass is 10.0. The standard InChI is InChI=1S/C17H20ClN3/c1-21-17(20)15-8-3-12(4-9-15)2-6-14-7-5-13(11-19)10-16(14)18/h3-5,7-10H,2,6,11,19H2,1H3,(H2,20,21). The van der Waals surface area contributed by atoms with Crippen molar-refractivity contribution in [3.8, 4) is 0 Å². The Morgan fingerprint density at radius 2 is 1.71 bits per heavy atom. The summed E-state index contributed by atoms with van der Waals surface area (Å²) in [6, 6.07) is 14.2. The third kappa shape index (κ3) is 4.06. The second-order valence-corrected chi connectivity index (χ2v) is 5.34. The summed E-state index contributed by atoms with van der Waals surface area (Å²) in [7, 11) is 1.69. The molecule has 21 heavy (non-hydrogen) atoms. The van der Waals surface area contributed by atoms with Gasteiger partial charge in [0, 0.05) is 24.2 Å². The van der Waals surface area contributed by atoms with E-state index in [-0.39, 0.29) is 0 Å². The number of hydrogen-bond acceptors (Lipinski definition) is 2. The number of nitrogens with zero attached hydrogens (tertiary/aromatic N) is 1. The van der Waals surface area contributed by atoms with Gasteiger partial charge in [-0.25, -0.2) is 0 Å². The molecule has 0 aliphatic heterocycles. The van der Waals surface area contributed by atoms with Crippen LogP contribution >= 0.6 is 11.6 Å². The van der Waals surface area contributed by atoms with Gasteiger partial charge in [0.25, 0.3) is 0 Å². The molecule has 0 bridgehead atoms. The average molecular weight is 302 g/mol. The van der Waals surface area contributed by atoms with Crippen LogP contribution < -0.4 is 11.5 Å². The summed E-state index contributed by atoms with van der Waals surface area (Å²) in [5, 5.41) is 0.789. The second kappa shape index (κ2) is 7.25. The van der Waals surface area contributed by atoms with Crippen LogP contribution in [0.3, 0.4) is 0 Å². The van der Waals surface area contributed by atoms with Crippen molar-refractivity contribution in [1.82, 2.24) is 0 Å². The topological polar surface area (TPSA) is 64.4 Å². The molecule has 110 valence electrons. The fourth-order valence-corrected chi connectivity index (χ4v) is 2.47. The highest BCUT2D eigenvalue weighted by Gasteiger charge is 2.03. The van der Waals surface area contributed by atoms with Crippen LogP contribution in [0, 0.1) is 0 Å². The molecule has 0 fully saturated rings. The first-order valence-corrected chi connectivity index (χ1v) is 7.30. The molecule has 0 atom stereocenters. The summed E-state index contributed by atoms with van der Waals surface area (Å²) >= 11 is 6.27. The molecular weight excluding hydrogens is 282 g/mol. The Bertz CT molecular complexity index is 633. The van der Waals surface area contributed by atoms with Crippen molar-refractivity contribution in [2.75, 3.05) is 7.05 Å². The maximum atomic E-state index is 6.27. The minimum absolute atomic E-state index is 0.516. The number of aliphatic imine (C=N–C) groups is 1. The lowest BCUT2D eigenvalue weighted by Gasteiger charge is -2.07. The van der Waals surface area contributed by atoms with Crippen LogP contribution in [0.15, 0.2) is 47.5 Å². The minimum atomic E-state index is 0.516. The summed E-state index contributed by atoms with van der Waals surface area (Å²) in [5.74, 6) is 0.557. The van der Waals surface area contributed by atoms with E-state index in [4.69, 9.17) is 23.1 Å². The van der Waals surface area contributed by atoms with Gasteiger partial charge >= 0.3 is 0 Å². The molecule has 0 amide bonds. The van der Waals surface area contributed by atoms with Crippen molar-refractivity contribution in [3.05, 3.63) is 69.7 Å². The Kier molecular flexibility index (Phi) is 5.37. The summed E-state index contributed by atoms with van der Waals surface area (Å²) in [6.07, 6.45) is 1.84. The van der Waals surface area contributed by atoms with Crippen molar-refractivity contribution in [2.45, 2.75) is 19.4 Å². The molecule has 0 aromatic heterocycles. The Labute approximate surface area is 130 Å². The highest BCUT2D eigenvalue weighted by Crippen LogP contribution is 2.20. The van der Waals surface area contributed by atoms with Crippen LogP contribution in [-0.2, 0) is 19.4 Å². The van der Waals surface area contributed by atoms with Crippen molar-refractivity contribution >= 4 is 17.4 Å². The van der Waals surface area contributed by atoms with E-state index in [1.165, 1.54) is 5.56 Å². The van der Waals surface area contributed by atoms with Gasteiger partial charge in [-0.2, -0.15) is 0 Å². The summed E-state index contributed by atoms with van der Waals surface area (Å²) in [6.45, 7) is 0.516. The second-order valence-electron chi connectivity index (χ2n) is 4.94. The molecule has 0 aliphatic rings. The van der Waals surface area contributed by atoms with Crippen LogP contribution in [0.25, 0.3) is 0 Å². The third-order valence-corrected chi connectivity index (χ3v) is 3.88. The van der Waals surface area contributed by atoms with Crippen LogP contribution in [0.2, 0.25) is 5.02 Å². The predicted octanol–water partition coefficient (Wildman–Crippen LogP) is 2.92. The van der Waals surface area contributed by atoms with Gasteiger partial charge in [-0.3, -0.25) is 4.99 Å². The van der Waals surface area contributed by atoms with Gasteiger partial charge in [0.05, 0.1) is 0 Å². The molecule has 0 heterocycles. The summed E-state index contributed by atoms with van der Waals surface area (Å²) in [4.78, 5) is 3.98. The molecule has 0 aliphatic carbocycles. The van der Waals surface area contributed by atoms with Gasteiger partial charge in [-0.1, -0.05) is 48.0 Å². The largest absolute Gasteiger partial charge is 0.384 e. The zero-order valence-electron chi connectivity index (χ0n) is 12.1. The number of aryl methyl sites for hydroxylation is 2. The Morgan fingerprint density at radius 1 is 1.05 bits per heavy atom. The number of benzene rings is 2. The fourth-order valence-electron chi connectivity index (χ4n) is 2.17. The van der Waals surface area contributed by atoms with Crippen molar-refractivity contribution in [3.63, 3.8) is 0 Å². The Morgan fingerprint density at radius 3 is 2.29 bits per heavy atom. The van der Waals surface area contributed by atoms with Crippen LogP contribution in [0.1, 0.15) is 22.3 Å². The quantitative estimate of drug-likeness (QED) is 0.659. The van der Waals surface area contributed by atoms with E-state index in [1.54, 1.807) is 7.05 Å². The predicted molar refractivity (Wildman–Crippen MR) is 89.8 cm³/mol. The monoisotopic (exact) mass is 301 g/mol. The molecule has 0 spiro atoms. The molecule has 2 rings (SSSR count). The van der Waals surface area contributed by atoms with Gasteiger partial charge in [0.2, 0.25) is 0 Å². The van der Waals surface area contributed by atoms with E-state index >= 15 is 0 Å². The van der Waals surface area contributed by atoms with E-state index < -0.39 is 0 Å². The number of halogens is 1. The molecule has 0 saturated heterocycles. The molecular formula is C17H20ClN3. The highest BCUT2D eigenvalue weighted by molar-refractivity contribution is 6.31. The van der Waals surface area contributed by atoms with Gasteiger partial charge < -0.3 is 11.5 Å². The van der Waals surface area contributed by atoms with Crippen molar-refractivity contribution in [2.24, 2.45) is 16.5 Å². The Hall–Kier alpha value is -1.84. The molecule has 3 nitrogen and oxygen atoms in total. The van der Waals surface area contributed by atoms with Gasteiger partial charge in [-0.15, -0.1) is 0 Å². The van der Waals surface area contributed by atoms with Crippen LogP contribution in [0.4, 0.5) is 0 Å². The fraction of sp³-hybridized carbons (Fsp3) is 0.235. The van der Waals surface area contributed by atoms with Gasteiger partial charge in [-0.05, 0) is 35.6 Å². The molecule has 4 N–H and O–H groups in total. The van der Waals surface area contributed by atoms with E-state index in [2.05, 4.69) is 23.2 Å². The highest BCUT2D eigenvalue weighted by atomic mass is 35.5. The zero-order chi connectivity index (χ0) is 15.2. The third-order valence-electron chi connectivity index (χ3n) is 3.53. The average Bonchev–Trinajstić information content (AvgIpc) is 2.53.